The molecule has 0 aromatic heterocycles. The van der Waals surface area contributed by atoms with E-state index in [4.69, 9.17) is 10.8 Å². The van der Waals surface area contributed by atoms with Crippen LogP contribution in [0.2, 0.25) is 0 Å². The molecule has 0 aromatic carbocycles. The molecule has 0 radical (unpaired) electrons. The first-order valence-electron chi connectivity index (χ1n) is 0.447. The van der Waals surface area contributed by atoms with Crippen molar-refractivity contribution in [3.05, 3.63) is 10.8 Å². The van der Waals surface area contributed by atoms with Crippen molar-refractivity contribution in [2.45, 2.75) is 0 Å². The first-order chi connectivity index (χ1) is 1.41. The summed E-state index contributed by atoms with van der Waals surface area (Å²) in [6, 6.07) is 0.750. The Labute approximate surface area is 61.4 Å². The fraction of sp³-hybridized carbons (Fsp3) is 0. The van der Waals surface area contributed by atoms with Crippen LogP contribution in [0.3, 0.4) is 0 Å². The average Bonchev–Trinajstić information content (AvgIpc) is 0.918. The molecule has 0 heterocycles. The summed E-state index contributed by atoms with van der Waals surface area (Å²) in [6.45, 7) is 0. The van der Waals surface area contributed by atoms with Gasteiger partial charge in [-0.3, -0.25) is 0 Å². The SMILES string of the molecule is [Au+].[Au+].[N-]=C=[N-]. The van der Waals surface area contributed by atoms with Crippen molar-refractivity contribution in [3.63, 3.8) is 0 Å². The summed E-state index contributed by atoms with van der Waals surface area (Å²) < 4.78 is 0. The second kappa shape index (κ2) is 20.9. The first kappa shape index (κ1) is 16.9. The van der Waals surface area contributed by atoms with Crippen LogP contribution in [0.25, 0.3) is 10.8 Å². The number of nitrogens with zero attached hydrogens (tertiary/aromatic N) is 2. The number of rotatable bonds is 0. The second-order valence-electron chi connectivity index (χ2n) is 0.100. The van der Waals surface area contributed by atoms with Gasteiger partial charge in [-0.15, -0.1) is 0 Å². The van der Waals surface area contributed by atoms with Crippen LogP contribution in [0.1, 0.15) is 0 Å². The van der Waals surface area contributed by atoms with Crippen molar-refractivity contribution in [2.75, 3.05) is 0 Å². The largest absolute Gasteiger partial charge is 1.00 e. The number of hydrogen-bond donors (Lipinski definition) is 0. The smallest absolute Gasteiger partial charge is 0.786 e. The molecule has 0 amide bonds. The van der Waals surface area contributed by atoms with Crippen LogP contribution in [0.4, 0.5) is 0 Å². The van der Waals surface area contributed by atoms with Gasteiger partial charge in [0.2, 0.25) is 0 Å². The Balaban J connectivity index is -0.0000000200. The summed E-state index contributed by atoms with van der Waals surface area (Å²) in [5.41, 5.74) is 0. The average molecular weight is 434 g/mol. The summed E-state index contributed by atoms with van der Waals surface area (Å²) in [6.07, 6.45) is 0. The molecule has 0 saturated carbocycles. The van der Waals surface area contributed by atoms with Gasteiger partial charge in [-0.05, 0) is 0 Å². The molecule has 0 aliphatic rings. The maximum absolute atomic E-state index is 6.88. The maximum atomic E-state index is 6.88. The molecular weight excluding hydrogens is 434 g/mol. The van der Waals surface area contributed by atoms with Crippen LogP contribution in [-0.2, 0) is 44.8 Å². The van der Waals surface area contributed by atoms with Gasteiger partial charge in [-0.25, -0.2) is 0 Å². The standard InChI is InChI=1S/CN2.2Au/c2-1-3;;/q-2;2*+1. The molecule has 0 spiro atoms. The third kappa shape index (κ3) is 53.7. The molecule has 0 unspecified atom stereocenters. The van der Waals surface area contributed by atoms with E-state index in [-0.39, 0.29) is 44.8 Å². The van der Waals surface area contributed by atoms with Gasteiger partial charge in [0.25, 0.3) is 0 Å². The van der Waals surface area contributed by atoms with E-state index in [2.05, 4.69) is 0 Å². The van der Waals surface area contributed by atoms with Crippen LogP contribution in [-0.4, -0.2) is 6.01 Å². The van der Waals surface area contributed by atoms with E-state index in [9.17, 15) is 0 Å². The second-order valence-corrected chi connectivity index (χ2v) is 0.100. The van der Waals surface area contributed by atoms with Crippen LogP contribution in [0.5, 0.6) is 0 Å². The van der Waals surface area contributed by atoms with Crippen molar-refractivity contribution in [1.82, 2.24) is 0 Å². The molecule has 0 saturated heterocycles. The quantitative estimate of drug-likeness (QED) is 0.389. The Bertz CT molecular complexity index is 28.6. The van der Waals surface area contributed by atoms with Gasteiger partial charge < -0.3 is 16.8 Å². The third-order valence-electron chi connectivity index (χ3n) is 0. The third-order valence-corrected chi connectivity index (χ3v) is 0. The Morgan fingerprint density at radius 1 is 1.00 bits per heavy atom. The van der Waals surface area contributed by atoms with E-state index in [1.807, 2.05) is 0 Å². The minimum atomic E-state index is 0. The van der Waals surface area contributed by atoms with Crippen molar-refractivity contribution >= 4 is 6.01 Å². The Morgan fingerprint density at radius 2 is 1.00 bits per heavy atom. The van der Waals surface area contributed by atoms with Gasteiger partial charge in [0, 0.05) is 0 Å². The molecule has 2 nitrogen and oxygen atoms in total. The molecule has 0 aliphatic carbocycles. The van der Waals surface area contributed by atoms with Gasteiger partial charge in [-0.2, -0.15) is 0 Å². The van der Waals surface area contributed by atoms with Crippen LogP contribution < -0.4 is 0 Å². The minimum Gasteiger partial charge on any atom is -0.786 e. The fourth-order valence-corrected chi connectivity index (χ4v) is 0. The molecule has 0 fully saturated rings. The topological polar surface area (TPSA) is 44.6 Å². The molecule has 5 heavy (non-hydrogen) atoms. The molecule has 0 bridgehead atoms. The molecule has 0 N–H and O–H groups in total. The monoisotopic (exact) mass is 434 g/mol. The summed E-state index contributed by atoms with van der Waals surface area (Å²) in [7, 11) is 0. The van der Waals surface area contributed by atoms with E-state index < -0.39 is 0 Å². The van der Waals surface area contributed by atoms with Gasteiger partial charge in [0.05, 0.1) is 0 Å². The summed E-state index contributed by atoms with van der Waals surface area (Å²) in [4.78, 5) is 0. The van der Waals surface area contributed by atoms with Crippen LogP contribution in [0, 0.1) is 0 Å². The van der Waals surface area contributed by atoms with E-state index in [1.54, 1.807) is 0 Å². The van der Waals surface area contributed by atoms with Gasteiger partial charge in [-0.1, -0.05) is 0 Å². The van der Waals surface area contributed by atoms with Crippen molar-refractivity contribution in [1.29, 1.82) is 0 Å². The van der Waals surface area contributed by atoms with Crippen molar-refractivity contribution < 1.29 is 44.8 Å². The Hall–Kier alpha value is 0.861. The summed E-state index contributed by atoms with van der Waals surface area (Å²) in [5, 5.41) is 13.8. The zero-order valence-corrected chi connectivity index (χ0v) is 6.33. The zero-order valence-electron chi connectivity index (χ0n) is 2.00. The van der Waals surface area contributed by atoms with E-state index >= 15 is 0 Å². The van der Waals surface area contributed by atoms with Gasteiger partial charge >= 0.3 is 44.8 Å². The van der Waals surface area contributed by atoms with E-state index in [1.165, 1.54) is 0 Å². The fourth-order valence-electron chi connectivity index (χ4n) is 0. The van der Waals surface area contributed by atoms with Crippen LogP contribution >= 0.6 is 0 Å². The molecular formula is CAu2N2. The van der Waals surface area contributed by atoms with E-state index in [0.717, 1.165) is 6.01 Å². The molecule has 0 rings (SSSR count). The molecule has 0 aromatic rings. The predicted octanol–water partition coefficient (Wildman–Crippen LogP) is 0.294. The first-order valence-corrected chi connectivity index (χ1v) is 0.447. The zero-order chi connectivity index (χ0) is 2.71. The van der Waals surface area contributed by atoms with Gasteiger partial charge in [0.15, 0.2) is 0 Å². The molecule has 36 valence electrons. The predicted molar refractivity (Wildman–Crippen MR) is 11.7 cm³/mol. The minimum absolute atomic E-state index is 0. The molecule has 4 heteroatoms. The van der Waals surface area contributed by atoms with E-state index in [0.29, 0.717) is 0 Å². The maximum Gasteiger partial charge on any atom is 1.00 e. The normalized spacial score (nSPS) is 1.60. The Kier molecular flexibility index (Phi) is 70.8. The number of hydrogen-bond acceptors (Lipinski definition) is 0. The molecule has 0 aliphatic heterocycles. The van der Waals surface area contributed by atoms with Crippen molar-refractivity contribution in [2.24, 2.45) is 0 Å². The summed E-state index contributed by atoms with van der Waals surface area (Å²) in [5.74, 6) is 0. The summed E-state index contributed by atoms with van der Waals surface area (Å²) >= 11 is 0. The van der Waals surface area contributed by atoms with Crippen LogP contribution in [0.15, 0.2) is 0 Å². The van der Waals surface area contributed by atoms with Crippen molar-refractivity contribution in [3.8, 4) is 0 Å². The van der Waals surface area contributed by atoms with Gasteiger partial charge in [0.1, 0.15) is 0 Å². The Morgan fingerprint density at radius 3 is 1.00 bits per heavy atom. The molecule has 0 atom stereocenters.